The van der Waals surface area contributed by atoms with Gasteiger partial charge in [0.05, 0.1) is 0 Å². The third kappa shape index (κ3) is 4.06. The van der Waals surface area contributed by atoms with Crippen molar-refractivity contribution in [3.63, 3.8) is 0 Å². The highest BCUT2D eigenvalue weighted by Gasteiger charge is 2.13. The van der Waals surface area contributed by atoms with Crippen molar-refractivity contribution in [2.75, 3.05) is 0 Å². The molecule has 0 atom stereocenters. The molecule has 1 heterocycles. The molecule has 0 aliphatic carbocycles. The van der Waals surface area contributed by atoms with E-state index in [2.05, 4.69) is 77.9 Å². The van der Waals surface area contributed by atoms with Crippen molar-refractivity contribution in [1.29, 1.82) is 0 Å². The van der Waals surface area contributed by atoms with Crippen LogP contribution in [0, 0.1) is 0 Å². The Bertz CT molecular complexity index is 588. The first-order valence-corrected chi connectivity index (χ1v) is 8.31. The van der Waals surface area contributed by atoms with Gasteiger partial charge in [0.15, 0.2) is 0 Å². The van der Waals surface area contributed by atoms with Gasteiger partial charge in [-0.15, -0.1) is 0 Å². The Hall–Kier alpha value is -0.870. The Morgan fingerprint density at radius 1 is 1.10 bits per heavy atom. The molecule has 1 aromatic carbocycles. The van der Waals surface area contributed by atoms with Crippen LogP contribution in [0.25, 0.3) is 0 Å². The molecule has 0 saturated heterocycles. The van der Waals surface area contributed by atoms with Crippen molar-refractivity contribution in [2.24, 2.45) is 0 Å². The molecule has 2 nitrogen and oxygen atoms in total. The van der Waals surface area contributed by atoms with Gasteiger partial charge in [-0.2, -0.15) is 0 Å². The zero-order valence-corrected chi connectivity index (χ0v) is 14.7. The van der Waals surface area contributed by atoms with Gasteiger partial charge in [0.25, 0.3) is 0 Å². The molecule has 0 radical (unpaired) electrons. The van der Waals surface area contributed by atoms with Crippen LogP contribution >= 0.6 is 27.7 Å². The zero-order valence-electron chi connectivity index (χ0n) is 12.3. The van der Waals surface area contributed by atoms with Crippen LogP contribution in [0.1, 0.15) is 39.1 Å². The van der Waals surface area contributed by atoms with E-state index in [0.717, 1.165) is 21.9 Å². The predicted molar refractivity (Wildman–Crippen MR) is 88.4 cm³/mol. The first-order chi connectivity index (χ1) is 9.38. The summed E-state index contributed by atoms with van der Waals surface area (Å²) >= 11 is 5.11. The van der Waals surface area contributed by atoms with Gasteiger partial charge >= 0.3 is 0 Å². The maximum atomic E-state index is 4.54. The van der Waals surface area contributed by atoms with E-state index >= 15 is 0 Å². The van der Waals surface area contributed by atoms with E-state index in [1.54, 1.807) is 11.8 Å². The average molecular weight is 351 g/mol. The molecule has 0 bridgehead atoms. The van der Waals surface area contributed by atoms with Gasteiger partial charge in [0.2, 0.25) is 0 Å². The maximum Gasteiger partial charge on any atom is 0.130 e. The van der Waals surface area contributed by atoms with Gasteiger partial charge in [0.1, 0.15) is 15.5 Å². The highest BCUT2D eigenvalue weighted by molar-refractivity contribution is 9.10. The molecule has 0 fully saturated rings. The van der Waals surface area contributed by atoms with Crippen LogP contribution in [-0.4, -0.2) is 9.97 Å². The third-order valence-corrected chi connectivity index (χ3v) is 4.31. The lowest BCUT2D eigenvalue weighted by Crippen LogP contribution is -2.10. The van der Waals surface area contributed by atoms with Crippen LogP contribution in [0.3, 0.4) is 0 Å². The van der Waals surface area contributed by atoms with E-state index in [0.29, 0.717) is 0 Å². The highest BCUT2D eigenvalue weighted by atomic mass is 79.9. The Balaban J connectivity index is 2.20. The molecular weight excluding hydrogens is 332 g/mol. The van der Waals surface area contributed by atoms with Gasteiger partial charge in [-0.1, -0.05) is 51.6 Å². The number of hydrogen-bond donors (Lipinski definition) is 0. The molecule has 0 aliphatic rings. The average Bonchev–Trinajstić information content (AvgIpc) is 2.37. The standard InChI is InChI=1S/C16H19BrN2S/c1-5-14-18-13(17)10-15(19-14)20-12-8-6-11(7-9-12)16(2,3)4/h6-10H,5H2,1-4H3. The van der Waals surface area contributed by atoms with E-state index < -0.39 is 0 Å². The molecule has 2 aromatic rings. The van der Waals surface area contributed by atoms with Gasteiger partial charge in [-0.25, -0.2) is 9.97 Å². The molecule has 106 valence electrons. The molecular formula is C16H19BrN2S. The maximum absolute atomic E-state index is 4.54. The summed E-state index contributed by atoms with van der Waals surface area (Å²) in [6.45, 7) is 8.74. The van der Waals surface area contributed by atoms with Crippen molar-refractivity contribution < 1.29 is 0 Å². The minimum atomic E-state index is 0.191. The van der Waals surface area contributed by atoms with Crippen LogP contribution in [0.4, 0.5) is 0 Å². The number of aryl methyl sites for hydroxylation is 1. The minimum absolute atomic E-state index is 0.191. The van der Waals surface area contributed by atoms with Gasteiger partial charge in [-0.3, -0.25) is 0 Å². The van der Waals surface area contributed by atoms with E-state index in [-0.39, 0.29) is 5.41 Å². The molecule has 0 amide bonds. The van der Waals surface area contributed by atoms with Crippen molar-refractivity contribution in [3.05, 3.63) is 46.3 Å². The van der Waals surface area contributed by atoms with Crippen molar-refractivity contribution in [1.82, 2.24) is 9.97 Å². The smallest absolute Gasteiger partial charge is 0.130 e. The van der Waals surface area contributed by atoms with Crippen LogP contribution in [0.5, 0.6) is 0 Å². The van der Waals surface area contributed by atoms with Crippen molar-refractivity contribution in [3.8, 4) is 0 Å². The lowest BCUT2D eigenvalue weighted by atomic mass is 9.87. The second-order valence-electron chi connectivity index (χ2n) is 5.68. The summed E-state index contributed by atoms with van der Waals surface area (Å²) in [4.78, 5) is 10.1. The fourth-order valence-corrected chi connectivity index (χ4v) is 3.20. The summed E-state index contributed by atoms with van der Waals surface area (Å²) in [5.74, 6) is 0.869. The highest BCUT2D eigenvalue weighted by Crippen LogP contribution is 2.30. The fraction of sp³-hybridized carbons (Fsp3) is 0.375. The molecule has 0 unspecified atom stereocenters. The number of rotatable bonds is 3. The Labute approximate surface area is 133 Å². The summed E-state index contributed by atoms with van der Waals surface area (Å²) in [5, 5.41) is 0.979. The Kier molecular flexibility index (Phi) is 4.86. The zero-order chi connectivity index (χ0) is 14.8. The second-order valence-corrected chi connectivity index (χ2v) is 7.58. The SMILES string of the molecule is CCc1nc(Br)cc(Sc2ccc(C(C)(C)C)cc2)n1. The molecule has 0 N–H and O–H groups in total. The second kappa shape index (κ2) is 6.27. The van der Waals surface area contributed by atoms with Gasteiger partial charge in [0, 0.05) is 17.4 Å². The minimum Gasteiger partial charge on any atom is -0.226 e. The van der Waals surface area contributed by atoms with Crippen LogP contribution in [0.2, 0.25) is 0 Å². The van der Waals surface area contributed by atoms with Crippen LogP contribution in [-0.2, 0) is 11.8 Å². The summed E-state index contributed by atoms with van der Waals surface area (Å²) in [6.07, 6.45) is 0.843. The van der Waals surface area contributed by atoms with E-state index in [9.17, 15) is 0 Å². The molecule has 2 rings (SSSR count). The van der Waals surface area contributed by atoms with Crippen molar-refractivity contribution >= 4 is 27.7 Å². The first-order valence-electron chi connectivity index (χ1n) is 6.70. The summed E-state index contributed by atoms with van der Waals surface area (Å²) in [5.41, 5.74) is 1.54. The number of nitrogens with zero attached hydrogens (tertiary/aromatic N) is 2. The molecule has 0 saturated carbocycles. The van der Waals surface area contributed by atoms with E-state index in [1.165, 1.54) is 10.5 Å². The lowest BCUT2D eigenvalue weighted by Gasteiger charge is -2.19. The predicted octanol–water partition coefficient (Wildman–Crippen LogP) is 5.25. The number of halogens is 1. The third-order valence-electron chi connectivity index (χ3n) is 2.98. The summed E-state index contributed by atoms with van der Waals surface area (Å²) < 4.78 is 0.846. The molecule has 20 heavy (non-hydrogen) atoms. The number of aromatic nitrogens is 2. The summed E-state index contributed by atoms with van der Waals surface area (Å²) in [7, 11) is 0. The normalized spacial score (nSPS) is 11.7. The van der Waals surface area contributed by atoms with Crippen LogP contribution in [0.15, 0.2) is 44.9 Å². The first kappa shape index (κ1) is 15.5. The molecule has 0 spiro atoms. The van der Waals surface area contributed by atoms with Crippen molar-refractivity contribution in [2.45, 2.75) is 49.5 Å². The topological polar surface area (TPSA) is 25.8 Å². The largest absolute Gasteiger partial charge is 0.226 e. The van der Waals surface area contributed by atoms with E-state index in [4.69, 9.17) is 0 Å². The van der Waals surface area contributed by atoms with Crippen LogP contribution < -0.4 is 0 Å². The number of benzene rings is 1. The molecule has 0 aliphatic heterocycles. The Morgan fingerprint density at radius 3 is 2.30 bits per heavy atom. The van der Waals surface area contributed by atoms with E-state index in [1.807, 2.05) is 6.07 Å². The fourth-order valence-electron chi connectivity index (χ4n) is 1.80. The van der Waals surface area contributed by atoms with Gasteiger partial charge in [-0.05, 0) is 39.0 Å². The summed E-state index contributed by atoms with van der Waals surface area (Å²) in [6, 6.07) is 10.7. The number of hydrogen-bond acceptors (Lipinski definition) is 3. The Morgan fingerprint density at radius 2 is 1.75 bits per heavy atom. The molecule has 4 heteroatoms. The van der Waals surface area contributed by atoms with Gasteiger partial charge < -0.3 is 0 Å². The lowest BCUT2D eigenvalue weighted by molar-refractivity contribution is 0.590. The quantitative estimate of drug-likeness (QED) is 0.707. The molecule has 1 aromatic heterocycles. The monoisotopic (exact) mass is 350 g/mol.